The molecule has 1 aromatic rings. The third kappa shape index (κ3) is 2.65. The van der Waals surface area contributed by atoms with Gasteiger partial charge in [0.05, 0.1) is 0 Å². The van der Waals surface area contributed by atoms with Crippen molar-refractivity contribution in [3.05, 3.63) is 17.1 Å². The Hall–Kier alpha value is -1.16. The monoisotopic (exact) mass is 209 g/mol. The van der Waals surface area contributed by atoms with Crippen LogP contribution in [0.4, 0.5) is 5.82 Å². The molecule has 0 radical (unpaired) electrons. The summed E-state index contributed by atoms with van der Waals surface area (Å²) < 4.78 is 5.44. The van der Waals surface area contributed by atoms with Crippen LogP contribution in [0.15, 0.2) is 0 Å². The van der Waals surface area contributed by atoms with Gasteiger partial charge < -0.3 is 10.5 Å². The summed E-state index contributed by atoms with van der Waals surface area (Å²) in [6.45, 7) is 8.55. The van der Waals surface area contributed by atoms with Crippen LogP contribution in [-0.2, 0) is 11.2 Å². The van der Waals surface area contributed by atoms with Crippen LogP contribution in [0.1, 0.15) is 44.0 Å². The minimum atomic E-state index is -0.0943. The van der Waals surface area contributed by atoms with Gasteiger partial charge in [-0.05, 0) is 27.2 Å². The Bertz CT molecular complexity index is 339. The second-order valence-corrected chi connectivity index (χ2v) is 3.49. The van der Waals surface area contributed by atoms with Crippen LogP contribution in [0.5, 0.6) is 0 Å². The quantitative estimate of drug-likeness (QED) is 0.824. The minimum Gasteiger partial charge on any atom is -0.383 e. The molecular formula is C11H19N3O. The van der Waals surface area contributed by atoms with Crippen LogP contribution in [0.2, 0.25) is 0 Å². The van der Waals surface area contributed by atoms with Crippen molar-refractivity contribution in [2.45, 2.75) is 40.2 Å². The van der Waals surface area contributed by atoms with Gasteiger partial charge in [0.1, 0.15) is 11.9 Å². The van der Waals surface area contributed by atoms with Gasteiger partial charge in [-0.25, -0.2) is 9.97 Å². The lowest BCUT2D eigenvalue weighted by Gasteiger charge is -2.13. The van der Waals surface area contributed by atoms with Gasteiger partial charge in [-0.3, -0.25) is 0 Å². The maximum absolute atomic E-state index is 5.82. The second-order valence-electron chi connectivity index (χ2n) is 3.49. The van der Waals surface area contributed by atoms with Gasteiger partial charge in [0.25, 0.3) is 0 Å². The fourth-order valence-electron chi connectivity index (χ4n) is 1.45. The van der Waals surface area contributed by atoms with Crippen molar-refractivity contribution in [2.75, 3.05) is 12.3 Å². The molecule has 4 nitrogen and oxygen atoms in total. The molecule has 0 spiro atoms. The summed E-state index contributed by atoms with van der Waals surface area (Å²) >= 11 is 0. The fourth-order valence-corrected chi connectivity index (χ4v) is 1.45. The van der Waals surface area contributed by atoms with E-state index in [1.54, 1.807) is 0 Å². The summed E-state index contributed by atoms with van der Waals surface area (Å²) in [7, 11) is 0. The number of nitrogen functional groups attached to an aromatic ring is 1. The highest BCUT2D eigenvalue weighted by Gasteiger charge is 2.12. The SMILES string of the molecule is CCOC(C)c1nc(N)c(C)c(CC)n1. The van der Waals surface area contributed by atoms with Gasteiger partial charge >= 0.3 is 0 Å². The smallest absolute Gasteiger partial charge is 0.159 e. The molecule has 0 amide bonds. The maximum atomic E-state index is 5.82. The number of aromatic nitrogens is 2. The number of anilines is 1. The van der Waals surface area contributed by atoms with Gasteiger partial charge in [0, 0.05) is 17.9 Å². The van der Waals surface area contributed by atoms with Gasteiger partial charge in [-0.1, -0.05) is 6.92 Å². The van der Waals surface area contributed by atoms with Crippen LogP contribution in [0, 0.1) is 6.92 Å². The van der Waals surface area contributed by atoms with Gasteiger partial charge in [0.15, 0.2) is 5.82 Å². The number of hydrogen-bond acceptors (Lipinski definition) is 4. The molecule has 1 heterocycles. The molecule has 4 heteroatoms. The number of aryl methyl sites for hydroxylation is 1. The van der Waals surface area contributed by atoms with E-state index in [1.165, 1.54) is 0 Å². The number of hydrogen-bond donors (Lipinski definition) is 1. The van der Waals surface area contributed by atoms with Crippen molar-refractivity contribution in [3.63, 3.8) is 0 Å². The average molecular weight is 209 g/mol. The van der Waals surface area contributed by atoms with Gasteiger partial charge in [-0.15, -0.1) is 0 Å². The summed E-state index contributed by atoms with van der Waals surface area (Å²) in [6.07, 6.45) is 0.771. The Morgan fingerprint density at radius 2 is 2.00 bits per heavy atom. The molecule has 0 saturated carbocycles. The first-order chi connectivity index (χ1) is 7.10. The molecule has 2 N–H and O–H groups in total. The molecule has 0 bridgehead atoms. The largest absolute Gasteiger partial charge is 0.383 e. The summed E-state index contributed by atoms with van der Waals surface area (Å²) in [4.78, 5) is 8.70. The van der Waals surface area contributed by atoms with Crippen molar-refractivity contribution < 1.29 is 4.74 Å². The first-order valence-electron chi connectivity index (χ1n) is 5.34. The van der Waals surface area contributed by atoms with E-state index >= 15 is 0 Å². The summed E-state index contributed by atoms with van der Waals surface area (Å²) in [6, 6.07) is 0. The lowest BCUT2D eigenvalue weighted by Crippen LogP contribution is -2.11. The Labute approximate surface area is 90.9 Å². The summed E-state index contributed by atoms with van der Waals surface area (Å²) in [5.74, 6) is 1.24. The van der Waals surface area contributed by atoms with Crippen LogP contribution in [-0.4, -0.2) is 16.6 Å². The zero-order valence-electron chi connectivity index (χ0n) is 9.87. The highest BCUT2D eigenvalue weighted by Crippen LogP contribution is 2.18. The van der Waals surface area contributed by atoms with Crippen molar-refractivity contribution in [1.82, 2.24) is 9.97 Å². The zero-order chi connectivity index (χ0) is 11.4. The van der Waals surface area contributed by atoms with Crippen molar-refractivity contribution in [1.29, 1.82) is 0 Å². The topological polar surface area (TPSA) is 61.0 Å². The van der Waals surface area contributed by atoms with Crippen LogP contribution < -0.4 is 5.73 Å². The first-order valence-corrected chi connectivity index (χ1v) is 5.34. The Balaban J connectivity index is 3.05. The number of nitrogens with two attached hydrogens (primary N) is 1. The van der Waals surface area contributed by atoms with E-state index in [9.17, 15) is 0 Å². The molecule has 84 valence electrons. The molecule has 0 fully saturated rings. The van der Waals surface area contributed by atoms with E-state index < -0.39 is 0 Å². The molecule has 0 saturated heterocycles. The molecular weight excluding hydrogens is 190 g/mol. The summed E-state index contributed by atoms with van der Waals surface area (Å²) in [5, 5.41) is 0. The molecule has 15 heavy (non-hydrogen) atoms. The molecule has 1 rings (SSSR count). The molecule has 0 aliphatic heterocycles. The highest BCUT2D eigenvalue weighted by molar-refractivity contribution is 5.41. The predicted molar refractivity (Wildman–Crippen MR) is 60.6 cm³/mol. The van der Waals surface area contributed by atoms with E-state index in [0.717, 1.165) is 17.7 Å². The standard InChI is InChI=1S/C11H19N3O/c1-5-9-7(3)10(12)14-11(13-9)8(4)15-6-2/h8H,5-6H2,1-4H3,(H2,12,13,14). The zero-order valence-corrected chi connectivity index (χ0v) is 9.87. The first kappa shape index (κ1) is 11.9. The molecule has 0 aromatic carbocycles. The Kier molecular flexibility index (Phi) is 4.03. The average Bonchev–Trinajstić information content (AvgIpc) is 2.22. The Morgan fingerprint density at radius 1 is 1.33 bits per heavy atom. The lowest BCUT2D eigenvalue weighted by molar-refractivity contribution is 0.0700. The van der Waals surface area contributed by atoms with Gasteiger partial charge in [-0.2, -0.15) is 0 Å². The van der Waals surface area contributed by atoms with E-state index in [2.05, 4.69) is 16.9 Å². The Morgan fingerprint density at radius 3 is 2.53 bits per heavy atom. The van der Waals surface area contributed by atoms with Crippen LogP contribution in [0.25, 0.3) is 0 Å². The third-order valence-corrected chi connectivity index (χ3v) is 2.42. The second kappa shape index (κ2) is 5.07. The fraction of sp³-hybridized carbons (Fsp3) is 0.636. The van der Waals surface area contributed by atoms with Crippen molar-refractivity contribution in [3.8, 4) is 0 Å². The van der Waals surface area contributed by atoms with Gasteiger partial charge in [0.2, 0.25) is 0 Å². The predicted octanol–water partition coefficient (Wildman–Crippen LogP) is 2.03. The number of ether oxygens (including phenoxy) is 1. The number of rotatable bonds is 4. The molecule has 0 aliphatic rings. The van der Waals surface area contributed by atoms with Crippen LogP contribution >= 0.6 is 0 Å². The van der Waals surface area contributed by atoms with E-state index in [0.29, 0.717) is 18.2 Å². The van der Waals surface area contributed by atoms with E-state index in [4.69, 9.17) is 10.5 Å². The molecule has 1 aromatic heterocycles. The lowest BCUT2D eigenvalue weighted by atomic mass is 10.2. The molecule has 1 unspecified atom stereocenters. The number of nitrogens with zero attached hydrogens (tertiary/aromatic N) is 2. The minimum absolute atomic E-state index is 0.0943. The van der Waals surface area contributed by atoms with E-state index in [1.807, 2.05) is 20.8 Å². The molecule has 1 atom stereocenters. The third-order valence-electron chi connectivity index (χ3n) is 2.42. The van der Waals surface area contributed by atoms with Crippen molar-refractivity contribution in [2.24, 2.45) is 0 Å². The van der Waals surface area contributed by atoms with Crippen LogP contribution in [0.3, 0.4) is 0 Å². The molecule has 0 aliphatic carbocycles. The highest BCUT2D eigenvalue weighted by atomic mass is 16.5. The maximum Gasteiger partial charge on any atom is 0.159 e. The van der Waals surface area contributed by atoms with E-state index in [-0.39, 0.29) is 6.10 Å². The normalized spacial score (nSPS) is 12.8. The van der Waals surface area contributed by atoms with Crippen molar-refractivity contribution >= 4 is 5.82 Å². The summed E-state index contributed by atoms with van der Waals surface area (Å²) in [5.41, 5.74) is 7.80.